The first kappa shape index (κ1) is 24.2. The fourth-order valence-corrected chi connectivity index (χ4v) is 2.70. The second-order valence-corrected chi connectivity index (χ2v) is 6.26. The average molecular weight is 465 g/mol. The van der Waals surface area contributed by atoms with Gasteiger partial charge in [-0.25, -0.2) is 4.99 Å². The molecule has 1 heterocycles. The molecule has 146 valence electrons. The number of ether oxygens (including phenoxy) is 1. The van der Waals surface area contributed by atoms with Crippen LogP contribution in [-0.2, 0) is 17.8 Å². The predicted molar refractivity (Wildman–Crippen MR) is 116 cm³/mol. The lowest BCUT2D eigenvalue weighted by Crippen LogP contribution is -2.32. The van der Waals surface area contributed by atoms with Crippen LogP contribution in [0.25, 0.3) is 0 Å². The highest BCUT2D eigenvalue weighted by atomic mass is 127. The Morgan fingerprint density at radius 3 is 2.56 bits per heavy atom. The zero-order valence-corrected chi connectivity index (χ0v) is 18.6. The largest absolute Gasteiger partial charge is 0.383 e. The third-order valence-electron chi connectivity index (χ3n) is 4.28. The molecule has 0 aromatic carbocycles. The first-order valence-corrected chi connectivity index (χ1v) is 9.15. The smallest absolute Gasteiger partial charge is 0.188 e. The molecule has 0 fully saturated rings. The number of hydrogen-bond acceptors (Lipinski definition) is 3. The van der Waals surface area contributed by atoms with E-state index in [1.165, 1.54) is 32.1 Å². The van der Waals surface area contributed by atoms with Crippen molar-refractivity contribution in [2.45, 2.75) is 72.4 Å². The standard InChI is InChI=1S/C18H35N5O.HI/c1-5-6-7-8-9-10-11-20-18(19)21-14-17-15(2)22-23(16(17)3)12-13-24-4;/h5-14H2,1-4H3,(H3,19,20,21);1H. The minimum absolute atomic E-state index is 0. The second-order valence-electron chi connectivity index (χ2n) is 6.26. The van der Waals surface area contributed by atoms with Gasteiger partial charge in [0.2, 0.25) is 0 Å². The average Bonchev–Trinajstić information content (AvgIpc) is 2.84. The number of hydrogen-bond donors (Lipinski definition) is 2. The Hall–Kier alpha value is -0.830. The Balaban J connectivity index is 0.00000576. The van der Waals surface area contributed by atoms with Crippen molar-refractivity contribution in [3.8, 4) is 0 Å². The highest BCUT2D eigenvalue weighted by Gasteiger charge is 2.10. The molecule has 3 N–H and O–H groups in total. The first-order valence-electron chi connectivity index (χ1n) is 9.15. The normalized spacial score (nSPS) is 11.4. The molecule has 0 aliphatic carbocycles. The van der Waals surface area contributed by atoms with Gasteiger partial charge in [0.15, 0.2) is 5.96 Å². The summed E-state index contributed by atoms with van der Waals surface area (Å²) in [5.74, 6) is 0.520. The van der Waals surface area contributed by atoms with E-state index in [1.54, 1.807) is 7.11 Å². The van der Waals surface area contributed by atoms with Gasteiger partial charge in [-0.1, -0.05) is 39.0 Å². The summed E-state index contributed by atoms with van der Waals surface area (Å²) in [6, 6.07) is 0. The Morgan fingerprint density at radius 1 is 1.20 bits per heavy atom. The Labute approximate surface area is 170 Å². The zero-order valence-electron chi connectivity index (χ0n) is 16.3. The molecular weight excluding hydrogens is 429 g/mol. The zero-order chi connectivity index (χ0) is 17.8. The predicted octanol–water partition coefficient (Wildman–Crippen LogP) is 3.53. The van der Waals surface area contributed by atoms with Crippen molar-refractivity contribution in [1.29, 1.82) is 0 Å². The van der Waals surface area contributed by atoms with Gasteiger partial charge in [-0.3, -0.25) is 4.68 Å². The van der Waals surface area contributed by atoms with Crippen LogP contribution in [0, 0.1) is 13.8 Å². The van der Waals surface area contributed by atoms with Crippen LogP contribution in [0.2, 0.25) is 0 Å². The SMILES string of the molecule is CCCCCCCCNC(N)=NCc1c(C)nn(CCOC)c1C.I. The van der Waals surface area contributed by atoms with E-state index in [1.807, 2.05) is 11.6 Å². The lowest BCUT2D eigenvalue weighted by Gasteiger charge is -2.06. The number of nitrogens with two attached hydrogens (primary N) is 1. The summed E-state index contributed by atoms with van der Waals surface area (Å²) >= 11 is 0. The lowest BCUT2D eigenvalue weighted by atomic mass is 10.1. The first-order chi connectivity index (χ1) is 11.6. The minimum atomic E-state index is 0. The van der Waals surface area contributed by atoms with E-state index < -0.39 is 0 Å². The molecule has 7 heteroatoms. The summed E-state index contributed by atoms with van der Waals surface area (Å²) in [5, 5.41) is 7.75. The van der Waals surface area contributed by atoms with E-state index in [2.05, 4.69) is 29.3 Å². The number of unbranched alkanes of at least 4 members (excludes halogenated alkanes) is 5. The maximum atomic E-state index is 5.96. The Bertz CT molecular complexity index is 502. The van der Waals surface area contributed by atoms with Crippen LogP contribution >= 0.6 is 24.0 Å². The molecule has 1 rings (SSSR count). The summed E-state index contributed by atoms with van der Waals surface area (Å²) in [7, 11) is 1.70. The molecule has 0 saturated carbocycles. The molecule has 6 nitrogen and oxygen atoms in total. The maximum Gasteiger partial charge on any atom is 0.188 e. The van der Waals surface area contributed by atoms with Crippen LogP contribution in [-0.4, -0.2) is 36.0 Å². The van der Waals surface area contributed by atoms with Crippen LogP contribution in [0.1, 0.15) is 62.4 Å². The van der Waals surface area contributed by atoms with Gasteiger partial charge >= 0.3 is 0 Å². The van der Waals surface area contributed by atoms with Crippen molar-refractivity contribution in [2.75, 3.05) is 20.3 Å². The van der Waals surface area contributed by atoms with Gasteiger partial charge in [0, 0.05) is 24.9 Å². The molecule has 1 aromatic heterocycles. The number of aliphatic imine (C=N–C) groups is 1. The number of aromatic nitrogens is 2. The third kappa shape index (κ3) is 9.44. The number of guanidine groups is 1. The highest BCUT2D eigenvalue weighted by molar-refractivity contribution is 14.0. The summed E-state index contributed by atoms with van der Waals surface area (Å²) in [6.45, 7) is 9.21. The molecule has 0 aliphatic rings. The van der Waals surface area contributed by atoms with Gasteiger partial charge in [0.05, 0.1) is 25.4 Å². The van der Waals surface area contributed by atoms with Gasteiger partial charge in [-0.05, 0) is 20.3 Å². The summed E-state index contributed by atoms with van der Waals surface area (Å²) < 4.78 is 7.09. The number of aryl methyl sites for hydroxylation is 1. The van der Waals surface area contributed by atoms with E-state index in [9.17, 15) is 0 Å². The van der Waals surface area contributed by atoms with E-state index in [-0.39, 0.29) is 24.0 Å². The van der Waals surface area contributed by atoms with Crippen molar-refractivity contribution < 1.29 is 4.74 Å². The van der Waals surface area contributed by atoms with Gasteiger partial charge in [-0.15, -0.1) is 24.0 Å². The molecule has 25 heavy (non-hydrogen) atoms. The number of nitrogens with one attached hydrogen (secondary N) is 1. The topological polar surface area (TPSA) is 77.5 Å². The van der Waals surface area contributed by atoms with Crippen LogP contribution in [0.3, 0.4) is 0 Å². The summed E-state index contributed by atoms with van der Waals surface area (Å²) in [5.41, 5.74) is 9.26. The van der Waals surface area contributed by atoms with Crippen molar-refractivity contribution in [2.24, 2.45) is 10.7 Å². The number of halogens is 1. The monoisotopic (exact) mass is 465 g/mol. The van der Waals surface area contributed by atoms with Crippen molar-refractivity contribution in [3.05, 3.63) is 17.0 Å². The van der Waals surface area contributed by atoms with E-state index >= 15 is 0 Å². The maximum absolute atomic E-state index is 5.96. The van der Waals surface area contributed by atoms with Crippen LogP contribution < -0.4 is 11.1 Å². The molecule has 0 spiro atoms. The van der Waals surface area contributed by atoms with Gasteiger partial charge in [0.1, 0.15) is 0 Å². The van der Waals surface area contributed by atoms with Crippen molar-refractivity contribution >= 4 is 29.9 Å². The molecule has 0 aliphatic heterocycles. The second kappa shape index (κ2) is 14.4. The Morgan fingerprint density at radius 2 is 1.88 bits per heavy atom. The van der Waals surface area contributed by atoms with E-state index in [4.69, 9.17) is 10.5 Å². The van der Waals surface area contributed by atoms with Gasteiger partial charge in [0.25, 0.3) is 0 Å². The minimum Gasteiger partial charge on any atom is -0.383 e. The molecule has 0 saturated heterocycles. The fourth-order valence-electron chi connectivity index (χ4n) is 2.70. The third-order valence-corrected chi connectivity index (χ3v) is 4.28. The van der Waals surface area contributed by atoms with Crippen molar-refractivity contribution in [1.82, 2.24) is 15.1 Å². The van der Waals surface area contributed by atoms with Crippen LogP contribution in [0.4, 0.5) is 0 Å². The summed E-state index contributed by atoms with van der Waals surface area (Å²) in [6.07, 6.45) is 7.68. The lowest BCUT2D eigenvalue weighted by molar-refractivity contribution is 0.182. The van der Waals surface area contributed by atoms with Crippen LogP contribution in [0.5, 0.6) is 0 Å². The number of nitrogens with zero attached hydrogens (tertiary/aromatic N) is 3. The van der Waals surface area contributed by atoms with E-state index in [0.717, 1.165) is 36.5 Å². The molecule has 1 aromatic rings. The fraction of sp³-hybridized carbons (Fsp3) is 0.778. The van der Waals surface area contributed by atoms with Gasteiger partial charge < -0.3 is 15.8 Å². The number of methoxy groups -OCH3 is 1. The highest BCUT2D eigenvalue weighted by Crippen LogP contribution is 2.14. The van der Waals surface area contributed by atoms with E-state index in [0.29, 0.717) is 19.1 Å². The van der Waals surface area contributed by atoms with Crippen LogP contribution in [0.15, 0.2) is 4.99 Å². The van der Waals surface area contributed by atoms with Gasteiger partial charge in [-0.2, -0.15) is 5.10 Å². The molecule has 0 unspecified atom stereocenters. The molecule has 0 amide bonds. The molecule has 0 bridgehead atoms. The Kier molecular flexibility index (Phi) is 13.9. The molecule has 0 radical (unpaired) electrons. The quantitative estimate of drug-likeness (QED) is 0.214. The number of rotatable bonds is 12. The molecule has 0 atom stereocenters. The van der Waals surface area contributed by atoms with Crippen molar-refractivity contribution in [3.63, 3.8) is 0 Å². The summed E-state index contributed by atoms with van der Waals surface area (Å²) in [4.78, 5) is 4.46. The molecular formula is C18H36IN5O.